The van der Waals surface area contributed by atoms with Gasteiger partial charge >= 0.3 is 0 Å². The van der Waals surface area contributed by atoms with Crippen molar-refractivity contribution in [2.45, 2.75) is 0 Å². The van der Waals surface area contributed by atoms with Crippen molar-refractivity contribution in [1.29, 1.82) is 0 Å². The first-order chi connectivity index (χ1) is 18.9. The second-order valence-corrected chi connectivity index (χ2v) is 9.60. The summed E-state index contributed by atoms with van der Waals surface area (Å²) in [6.45, 7) is 1.54. The molecule has 1 fully saturated rings. The van der Waals surface area contributed by atoms with Crippen LogP contribution in [0.5, 0.6) is 0 Å². The Hall–Kier alpha value is -3.98. The number of para-hydroxylation sites is 1. The molecular weight excluding hydrogens is 542 g/mol. The van der Waals surface area contributed by atoms with E-state index in [1.165, 1.54) is 24.3 Å². The third kappa shape index (κ3) is 6.20. The van der Waals surface area contributed by atoms with Crippen LogP contribution in [0, 0.1) is 5.82 Å². The van der Waals surface area contributed by atoms with Crippen LogP contribution in [0.25, 0.3) is 23.0 Å². The van der Waals surface area contributed by atoms with Gasteiger partial charge in [-0.2, -0.15) is 5.10 Å². The van der Waals surface area contributed by atoms with Crippen LogP contribution in [0.3, 0.4) is 0 Å². The molecule has 0 unspecified atom stereocenters. The highest BCUT2D eigenvalue weighted by atomic mass is 35.5. The molecule has 0 bridgehead atoms. The summed E-state index contributed by atoms with van der Waals surface area (Å²) in [7, 11) is 0. The van der Waals surface area contributed by atoms with Crippen LogP contribution in [0.1, 0.15) is 15.9 Å². The summed E-state index contributed by atoms with van der Waals surface area (Å²) in [6.07, 6.45) is 3.33. The maximum atomic E-state index is 13.7. The Labute approximate surface area is 234 Å². The molecule has 3 aromatic carbocycles. The predicted molar refractivity (Wildman–Crippen MR) is 148 cm³/mol. The lowest BCUT2D eigenvalue weighted by atomic mass is 10.1. The summed E-state index contributed by atoms with van der Waals surface area (Å²) < 4.78 is 20.7. The van der Waals surface area contributed by atoms with Gasteiger partial charge in [-0.25, -0.2) is 9.07 Å². The number of nitrogens with zero attached hydrogens (tertiary/aromatic N) is 3. The number of ether oxygens (including phenoxy) is 1. The van der Waals surface area contributed by atoms with E-state index in [1.54, 1.807) is 40.1 Å². The fraction of sp³-hybridized carbons (Fsp3) is 0.138. The summed E-state index contributed by atoms with van der Waals surface area (Å²) >= 11 is 12.3. The molecule has 5 rings (SSSR count). The molecule has 2 heterocycles. The highest BCUT2D eigenvalue weighted by molar-refractivity contribution is 6.36. The van der Waals surface area contributed by atoms with E-state index in [2.05, 4.69) is 5.32 Å². The third-order valence-electron chi connectivity index (χ3n) is 6.13. The molecule has 39 heavy (non-hydrogen) atoms. The molecule has 10 heteroatoms. The lowest BCUT2D eigenvalue weighted by Crippen LogP contribution is -2.44. The van der Waals surface area contributed by atoms with Crippen molar-refractivity contribution in [3.05, 3.63) is 112 Å². The summed E-state index contributed by atoms with van der Waals surface area (Å²) in [5.74, 6) is -1.33. The molecule has 0 radical (unpaired) electrons. The molecule has 0 spiro atoms. The molecule has 1 N–H and O–H groups in total. The SMILES string of the molecule is O=C(N/C(=C/c1cn(-c2ccccc2)nc1-c1ccc(F)cc1)C(=O)N1CCOCC1)c1ccc(Cl)cc1Cl. The Bertz CT molecular complexity index is 1530. The van der Waals surface area contributed by atoms with E-state index in [9.17, 15) is 14.0 Å². The minimum absolute atomic E-state index is 0.0314. The van der Waals surface area contributed by atoms with Gasteiger partial charge in [-0.1, -0.05) is 41.4 Å². The first kappa shape index (κ1) is 26.6. The fourth-order valence-electron chi connectivity index (χ4n) is 4.14. The number of carbonyl (C=O) groups is 2. The van der Waals surface area contributed by atoms with Gasteiger partial charge in [0, 0.05) is 35.4 Å². The Balaban J connectivity index is 1.60. The Kier molecular flexibility index (Phi) is 8.07. The topological polar surface area (TPSA) is 76.5 Å². The highest BCUT2D eigenvalue weighted by Gasteiger charge is 2.24. The van der Waals surface area contributed by atoms with Gasteiger partial charge in [0.15, 0.2) is 0 Å². The van der Waals surface area contributed by atoms with Gasteiger partial charge in [-0.15, -0.1) is 0 Å². The van der Waals surface area contributed by atoms with E-state index in [-0.39, 0.29) is 28.0 Å². The quantitative estimate of drug-likeness (QED) is 0.308. The minimum atomic E-state index is -0.566. The fourth-order valence-corrected chi connectivity index (χ4v) is 4.64. The first-order valence-electron chi connectivity index (χ1n) is 12.2. The summed E-state index contributed by atoms with van der Waals surface area (Å²) in [5, 5.41) is 8.00. The Morgan fingerprint density at radius 3 is 2.38 bits per heavy atom. The second kappa shape index (κ2) is 11.8. The molecule has 7 nitrogen and oxygen atoms in total. The zero-order valence-corrected chi connectivity index (χ0v) is 22.1. The number of aromatic nitrogens is 2. The minimum Gasteiger partial charge on any atom is -0.378 e. The van der Waals surface area contributed by atoms with Crippen LogP contribution < -0.4 is 5.32 Å². The van der Waals surface area contributed by atoms with E-state index in [1.807, 2.05) is 30.3 Å². The number of carbonyl (C=O) groups excluding carboxylic acids is 2. The van der Waals surface area contributed by atoms with E-state index < -0.39 is 5.91 Å². The molecule has 1 aliphatic rings. The van der Waals surface area contributed by atoms with Crippen molar-refractivity contribution in [3.8, 4) is 16.9 Å². The molecule has 1 aliphatic heterocycles. The van der Waals surface area contributed by atoms with Gasteiger partial charge in [0.25, 0.3) is 11.8 Å². The average molecular weight is 565 g/mol. The van der Waals surface area contributed by atoms with Gasteiger partial charge in [-0.3, -0.25) is 9.59 Å². The van der Waals surface area contributed by atoms with Crippen LogP contribution >= 0.6 is 23.2 Å². The number of morpholine rings is 1. The third-order valence-corrected chi connectivity index (χ3v) is 6.68. The van der Waals surface area contributed by atoms with Gasteiger partial charge in [0.1, 0.15) is 17.2 Å². The van der Waals surface area contributed by atoms with Crippen LogP contribution in [-0.4, -0.2) is 52.8 Å². The lowest BCUT2D eigenvalue weighted by molar-refractivity contribution is -0.131. The number of benzene rings is 3. The van der Waals surface area contributed by atoms with E-state index in [4.69, 9.17) is 33.0 Å². The second-order valence-electron chi connectivity index (χ2n) is 8.76. The smallest absolute Gasteiger partial charge is 0.270 e. The number of nitrogens with one attached hydrogen (secondary N) is 1. The molecule has 1 aromatic heterocycles. The highest BCUT2D eigenvalue weighted by Crippen LogP contribution is 2.27. The maximum absolute atomic E-state index is 13.7. The number of hydrogen-bond donors (Lipinski definition) is 1. The molecule has 198 valence electrons. The van der Waals surface area contributed by atoms with Crippen molar-refractivity contribution in [1.82, 2.24) is 20.0 Å². The van der Waals surface area contributed by atoms with E-state index >= 15 is 0 Å². The summed E-state index contributed by atoms with van der Waals surface area (Å²) in [5.41, 5.74) is 2.68. The van der Waals surface area contributed by atoms with E-state index in [0.29, 0.717) is 48.1 Å². The van der Waals surface area contributed by atoms with Crippen LogP contribution in [-0.2, 0) is 9.53 Å². The molecule has 0 saturated carbocycles. The predicted octanol–water partition coefficient (Wildman–Crippen LogP) is 5.61. The van der Waals surface area contributed by atoms with E-state index in [0.717, 1.165) is 5.69 Å². The molecule has 4 aromatic rings. The molecule has 1 saturated heterocycles. The Morgan fingerprint density at radius 1 is 0.974 bits per heavy atom. The number of rotatable bonds is 6. The number of amides is 2. The summed E-state index contributed by atoms with van der Waals surface area (Å²) in [4.78, 5) is 28.5. The molecular formula is C29H23Cl2FN4O3. The van der Waals surface area contributed by atoms with Crippen molar-refractivity contribution in [2.24, 2.45) is 0 Å². The molecule has 0 aliphatic carbocycles. The first-order valence-corrected chi connectivity index (χ1v) is 12.9. The van der Waals surface area contributed by atoms with Gasteiger partial charge < -0.3 is 15.0 Å². The standard InChI is InChI=1S/C29H23Cl2FN4O3/c30-21-8-11-24(25(31)17-21)28(37)33-26(29(38)35-12-14-39-15-13-35)16-20-18-36(23-4-2-1-3-5-23)34-27(20)19-6-9-22(32)10-7-19/h1-11,16-18H,12-15H2,(H,33,37)/b26-16+. The van der Waals surface area contributed by atoms with Crippen molar-refractivity contribution >= 4 is 41.1 Å². The molecule has 0 atom stereocenters. The largest absolute Gasteiger partial charge is 0.378 e. The maximum Gasteiger partial charge on any atom is 0.270 e. The van der Waals surface area contributed by atoms with Crippen LogP contribution in [0.15, 0.2) is 84.7 Å². The van der Waals surface area contributed by atoms with Crippen molar-refractivity contribution < 1.29 is 18.7 Å². The average Bonchev–Trinajstić information content (AvgIpc) is 3.37. The summed E-state index contributed by atoms with van der Waals surface area (Å²) in [6, 6.07) is 19.8. The Morgan fingerprint density at radius 2 is 1.69 bits per heavy atom. The van der Waals surface area contributed by atoms with Gasteiger partial charge in [0.2, 0.25) is 0 Å². The monoisotopic (exact) mass is 564 g/mol. The number of hydrogen-bond acceptors (Lipinski definition) is 4. The normalized spacial score (nSPS) is 13.8. The van der Waals surface area contributed by atoms with Crippen molar-refractivity contribution in [2.75, 3.05) is 26.3 Å². The molecule has 2 amide bonds. The van der Waals surface area contributed by atoms with Gasteiger partial charge in [0.05, 0.1) is 29.5 Å². The van der Waals surface area contributed by atoms with Crippen LogP contribution in [0.4, 0.5) is 4.39 Å². The lowest BCUT2D eigenvalue weighted by Gasteiger charge is -2.28. The zero-order chi connectivity index (χ0) is 27.4. The zero-order valence-electron chi connectivity index (χ0n) is 20.6. The van der Waals surface area contributed by atoms with Crippen LogP contribution in [0.2, 0.25) is 10.0 Å². The number of halogens is 3. The van der Waals surface area contributed by atoms with Gasteiger partial charge in [-0.05, 0) is 60.7 Å². The van der Waals surface area contributed by atoms with Crippen molar-refractivity contribution in [3.63, 3.8) is 0 Å².